The van der Waals surface area contributed by atoms with Gasteiger partial charge in [0.25, 0.3) is 0 Å². The highest BCUT2D eigenvalue weighted by Crippen LogP contribution is 2.27. The van der Waals surface area contributed by atoms with Gasteiger partial charge in [-0.1, -0.05) is 74.4 Å². The Bertz CT molecular complexity index is 899. The molecule has 0 N–H and O–H groups in total. The van der Waals surface area contributed by atoms with Crippen molar-refractivity contribution < 1.29 is 0 Å². The molecule has 0 unspecified atom stereocenters. The second kappa shape index (κ2) is 9.19. The van der Waals surface area contributed by atoms with Crippen LogP contribution in [0, 0.1) is 18.3 Å². The van der Waals surface area contributed by atoms with E-state index < -0.39 is 0 Å². The normalized spacial score (nSPS) is 10.7. The number of aromatic nitrogens is 2. The molecule has 0 atom stereocenters. The van der Waals surface area contributed by atoms with E-state index in [1.807, 2.05) is 6.07 Å². The molecular weight excluding hydrogens is 330 g/mol. The van der Waals surface area contributed by atoms with Gasteiger partial charge in [0.1, 0.15) is 0 Å². The third-order valence-electron chi connectivity index (χ3n) is 5.04. The Morgan fingerprint density at radius 1 is 0.963 bits per heavy atom. The summed E-state index contributed by atoms with van der Waals surface area (Å²) >= 11 is 0. The molecule has 0 saturated heterocycles. The summed E-state index contributed by atoms with van der Waals surface area (Å²) in [5.74, 6) is 0. The zero-order chi connectivity index (χ0) is 19.1. The van der Waals surface area contributed by atoms with Gasteiger partial charge in [-0.3, -0.25) is 4.68 Å². The van der Waals surface area contributed by atoms with Crippen LogP contribution in [0.15, 0.2) is 54.6 Å². The van der Waals surface area contributed by atoms with Crippen LogP contribution in [0.25, 0.3) is 11.3 Å². The van der Waals surface area contributed by atoms with Gasteiger partial charge in [0.15, 0.2) is 0 Å². The molecule has 1 aromatic heterocycles. The molecular formula is C24H27N3. The number of benzene rings is 2. The molecule has 3 aromatic rings. The second-order valence-corrected chi connectivity index (χ2v) is 7.04. The van der Waals surface area contributed by atoms with Gasteiger partial charge in [0.2, 0.25) is 0 Å². The smallest absolute Gasteiger partial charge is 0.0968 e. The molecule has 0 radical (unpaired) electrons. The number of unbranched alkanes of at least 4 members (excludes halogenated alkanes) is 2. The molecule has 0 aliphatic rings. The number of aryl methyl sites for hydroxylation is 1. The Labute approximate surface area is 162 Å². The van der Waals surface area contributed by atoms with Crippen molar-refractivity contribution in [3.05, 3.63) is 77.0 Å². The Kier molecular flexibility index (Phi) is 6.44. The standard InChI is InChI=1S/C24H27N3/c1-3-4-8-17-27-19(2)23(15-16-25)24(26-27)22-13-11-21(12-14-22)18-20-9-6-5-7-10-20/h5-7,9-14H,3-4,8,15,17-18H2,1-2H3. The molecule has 3 rings (SSSR count). The maximum atomic E-state index is 9.26. The SMILES string of the molecule is CCCCCn1nc(-c2ccc(Cc3ccccc3)cc2)c(CC#N)c1C. The van der Waals surface area contributed by atoms with Crippen molar-refractivity contribution in [1.29, 1.82) is 5.26 Å². The summed E-state index contributed by atoms with van der Waals surface area (Å²) in [4.78, 5) is 0. The van der Waals surface area contributed by atoms with E-state index in [0.717, 1.165) is 41.9 Å². The quantitative estimate of drug-likeness (QED) is 0.485. The van der Waals surface area contributed by atoms with E-state index in [1.54, 1.807) is 0 Å². The summed E-state index contributed by atoms with van der Waals surface area (Å²) in [5.41, 5.74) is 6.82. The lowest BCUT2D eigenvalue weighted by Gasteiger charge is -2.04. The van der Waals surface area contributed by atoms with Gasteiger partial charge in [-0.2, -0.15) is 10.4 Å². The molecule has 0 fully saturated rings. The zero-order valence-electron chi connectivity index (χ0n) is 16.3. The fraction of sp³-hybridized carbons (Fsp3) is 0.333. The lowest BCUT2D eigenvalue weighted by molar-refractivity contribution is 0.543. The van der Waals surface area contributed by atoms with Gasteiger partial charge in [0.05, 0.1) is 18.2 Å². The first-order valence-corrected chi connectivity index (χ1v) is 9.79. The average molecular weight is 358 g/mol. The Morgan fingerprint density at radius 2 is 1.67 bits per heavy atom. The van der Waals surface area contributed by atoms with Crippen molar-refractivity contribution >= 4 is 0 Å². The van der Waals surface area contributed by atoms with Gasteiger partial charge >= 0.3 is 0 Å². The summed E-state index contributed by atoms with van der Waals surface area (Å²) in [7, 11) is 0. The van der Waals surface area contributed by atoms with Crippen molar-refractivity contribution in [2.45, 2.75) is 52.5 Å². The summed E-state index contributed by atoms with van der Waals surface area (Å²) in [5, 5.41) is 14.1. The third kappa shape index (κ3) is 4.65. The van der Waals surface area contributed by atoms with Crippen molar-refractivity contribution in [3.63, 3.8) is 0 Å². The van der Waals surface area contributed by atoms with E-state index >= 15 is 0 Å². The van der Waals surface area contributed by atoms with Crippen LogP contribution in [-0.2, 0) is 19.4 Å². The van der Waals surface area contributed by atoms with Gasteiger partial charge in [-0.15, -0.1) is 0 Å². The topological polar surface area (TPSA) is 41.6 Å². The van der Waals surface area contributed by atoms with Crippen LogP contribution in [0.1, 0.15) is 48.6 Å². The summed E-state index contributed by atoms with van der Waals surface area (Å²) in [6, 6.07) is 21.4. The minimum absolute atomic E-state index is 0.403. The first-order chi connectivity index (χ1) is 13.2. The maximum absolute atomic E-state index is 9.26. The predicted molar refractivity (Wildman–Crippen MR) is 110 cm³/mol. The molecule has 0 aliphatic carbocycles. The summed E-state index contributed by atoms with van der Waals surface area (Å²) in [6.07, 6.45) is 4.86. The minimum atomic E-state index is 0.403. The van der Waals surface area contributed by atoms with Crippen LogP contribution in [0.5, 0.6) is 0 Å². The van der Waals surface area contributed by atoms with Crippen LogP contribution in [-0.4, -0.2) is 9.78 Å². The lowest BCUT2D eigenvalue weighted by atomic mass is 10.00. The van der Waals surface area contributed by atoms with E-state index in [4.69, 9.17) is 5.10 Å². The second-order valence-electron chi connectivity index (χ2n) is 7.04. The van der Waals surface area contributed by atoms with Gasteiger partial charge in [0, 0.05) is 23.4 Å². The predicted octanol–water partition coefficient (Wildman–Crippen LogP) is 5.71. The van der Waals surface area contributed by atoms with Crippen molar-refractivity contribution in [2.24, 2.45) is 0 Å². The fourth-order valence-corrected chi connectivity index (χ4v) is 3.45. The van der Waals surface area contributed by atoms with Crippen LogP contribution < -0.4 is 0 Å². The van der Waals surface area contributed by atoms with E-state index in [9.17, 15) is 5.26 Å². The van der Waals surface area contributed by atoms with E-state index in [-0.39, 0.29) is 0 Å². The molecule has 0 aliphatic heterocycles. The first-order valence-electron chi connectivity index (χ1n) is 9.79. The molecule has 1 heterocycles. The first kappa shape index (κ1) is 18.9. The van der Waals surface area contributed by atoms with Crippen LogP contribution in [0.3, 0.4) is 0 Å². The van der Waals surface area contributed by atoms with Crippen LogP contribution in [0.4, 0.5) is 0 Å². The van der Waals surface area contributed by atoms with Gasteiger partial charge in [-0.25, -0.2) is 0 Å². The van der Waals surface area contributed by atoms with Crippen molar-refractivity contribution in [3.8, 4) is 17.3 Å². The molecule has 2 aromatic carbocycles. The van der Waals surface area contributed by atoms with Crippen molar-refractivity contribution in [2.75, 3.05) is 0 Å². The molecule has 0 spiro atoms. The van der Waals surface area contributed by atoms with E-state index in [2.05, 4.69) is 73.1 Å². The number of hydrogen-bond acceptors (Lipinski definition) is 2. The highest BCUT2D eigenvalue weighted by Gasteiger charge is 2.16. The zero-order valence-corrected chi connectivity index (χ0v) is 16.3. The highest BCUT2D eigenvalue weighted by atomic mass is 15.3. The molecule has 27 heavy (non-hydrogen) atoms. The Hall–Kier alpha value is -2.86. The van der Waals surface area contributed by atoms with Crippen LogP contribution >= 0.6 is 0 Å². The largest absolute Gasteiger partial charge is 0.269 e. The average Bonchev–Trinajstić information content (AvgIpc) is 3.00. The molecule has 0 saturated carbocycles. The number of nitrogens with zero attached hydrogens (tertiary/aromatic N) is 3. The fourth-order valence-electron chi connectivity index (χ4n) is 3.45. The molecule has 138 valence electrons. The van der Waals surface area contributed by atoms with E-state index in [0.29, 0.717) is 6.42 Å². The lowest BCUT2D eigenvalue weighted by Crippen LogP contribution is -2.02. The van der Waals surface area contributed by atoms with Crippen molar-refractivity contribution in [1.82, 2.24) is 9.78 Å². The monoisotopic (exact) mass is 357 g/mol. The van der Waals surface area contributed by atoms with E-state index in [1.165, 1.54) is 24.0 Å². The molecule has 0 bridgehead atoms. The van der Waals surface area contributed by atoms with Gasteiger partial charge < -0.3 is 0 Å². The molecule has 3 nitrogen and oxygen atoms in total. The Balaban J connectivity index is 1.84. The minimum Gasteiger partial charge on any atom is -0.269 e. The third-order valence-corrected chi connectivity index (χ3v) is 5.04. The number of nitriles is 1. The Morgan fingerprint density at radius 3 is 2.33 bits per heavy atom. The maximum Gasteiger partial charge on any atom is 0.0968 e. The highest BCUT2D eigenvalue weighted by molar-refractivity contribution is 5.65. The van der Waals surface area contributed by atoms with Gasteiger partial charge in [-0.05, 0) is 30.9 Å². The number of hydrogen-bond donors (Lipinski definition) is 0. The molecule has 3 heteroatoms. The summed E-state index contributed by atoms with van der Waals surface area (Å²) in [6.45, 7) is 5.21. The summed E-state index contributed by atoms with van der Waals surface area (Å²) < 4.78 is 2.08. The van der Waals surface area contributed by atoms with Crippen LogP contribution in [0.2, 0.25) is 0 Å². The molecule has 0 amide bonds. The number of rotatable bonds is 8.